The van der Waals surface area contributed by atoms with Crippen molar-refractivity contribution in [1.82, 2.24) is 0 Å². The average molecular weight is 530 g/mol. The normalized spacial score (nSPS) is 23.2. The molecule has 0 radical (unpaired) electrons. The van der Waals surface area contributed by atoms with E-state index in [4.69, 9.17) is 23.7 Å². The van der Waals surface area contributed by atoms with Crippen LogP contribution >= 0.6 is 11.8 Å². The van der Waals surface area contributed by atoms with Gasteiger partial charge in [0.25, 0.3) is 11.4 Å². The number of ether oxygens (including phenoxy) is 5. The van der Waals surface area contributed by atoms with Crippen molar-refractivity contribution < 1.29 is 52.7 Å². The molecule has 0 saturated carbocycles. The molecule has 0 amide bonds. The number of benzene rings is 1. The summed E-state index contributed by atoms with van der Waals surface area (Å²) < 4.78 is 26.7. The van der Waals surface area contributed by atoms with E-state index in [-0.39, 0.29) is 4.90 Å². The predicted molar refractivity (Wildman–Crippen MR) is 118 cm³/mol. The molecule has 0 spiro atoms. The molecule has 0 aromatic heterocycles. The van der Waals surface area contributed by atoms with E-state index in [1.54, 1.807) is 0 Å². The summed E-state index contributed by atoms with van der Waals surface area (Å²) in [4.78, 5) is 67.8. The van der Waals surface area contributed by atoms with Gasteiger partial charge >= 0.3 is 23.9 Å². The van der Waals surface area contributed by atoms with Crippen LogP contribution in [0.1, 0.15) is 27.7 Å². The molecule has 0 bridgehead atoms. The molecule has 36 heavy (non-hydrogen) atoms. The van der Waals surface area contributed by atoms with E-state index in [0.29, 0.717) is 11.8 Å². The van der Waals surface area contributed by atoms with E-state index < -0.39 is 81.6 Å². The van der Waals surface area contributed by atoms with Gasteiger partial charge in [-0.05, 0) is 6.07 Å². The van der Waals surface area contributed by atoms with Crippen molar-refractivity contribution in [3.63, 3.8) is 0 Å². The van der Waals surface area contributed by atoms with Gasteiger partial charge in [0.1, 0.15) is 18.1 Å². The van der Waals surface area contributed by atoms with Gasteiger partial charge in [-0.1, -0.05) is 11.8 Å². The van der Waals surface area contributed by atoms with E-state index in [1.165, 1.54) is 0 Å². The average Bonchev–Trinajstić information content (AvgIpc) is 2.75. The quantitative estimate of drug-likeness (QED) is 0.193. The first-order valence-electron chi connectivity index (χ1n) is 10.2. The number of nitro groups is 2. The maximum Gasteiger partial charge on any atom is 0.303 e. The van der Waals surface area contributed by atoms with Gasteiger partial charge in [0.2, 0.25) is 0 Å². The van der Waals surface area contributed by atoms with Crippen molar-refractivity contribution in [2.24, 2.45) is 0 Å². The van der Waals surface area contributed by atoms with Crippen LogP contribution in [0.15, 0.2) is 23.1 Å². The van der Waals surface area contributed by atoms with Crippen LogP contribution in [0.25, 0.3) is 0 Å². The molecule has 1 aromatic carbocycles. The number of hydrogen-bond acceptors (Lipinski definition) is 14. The summed E-state index contributed by atoms with van der Waals surface area (Å²) in [7, 11) is 0. The third-order valence-corrected chi connectivity index (χ3v) is 5.75. The molecule has 196 valence electrons. The van der Waals surface area contributed by atoms with Gasteiger partial charge < -0.3 is 23.7 Å². The lowest BCUT2D eigenvalue weighted by molar-refractivity contribution is -0.396. The van der Waals surface area contributed by atoms with Gasteiger partial charge in [-0.3, -0.25) is 39.4 Å². The summed E-state index contributed by atoms with van der Waals surface area (Å²) in [6.45, 7) is 3.80. The van der Waals surface area contributed by atoms with E-state index >= 15 is 0 Å². The first kappa shape index (κ1) is 28.4. The summed E-state index contributed by atoms with van der Waals surface area (Å²) in [5, 5.41) is 22.6. The topological polar surface area (TPSA) is 201 Å². The highest BCUT2D eigenvalue weighted by atomic mass is 32.2. The Morgan fingerprint density at radius 3 is 1.92 bits per heavy atom. The van der Waals surface area contributed by atoms with Crippen LogP contribution in [0.3, 0.4) is 0 Å². The van der Waals surface area contributed by atoms with Gasteiger partial charge in [-0.2, -0.15) is 0 Å². The minimum absolute atomic E-state index is 0.105. The van der Waals surface area contributed by atoms with Crippen molar-refractivity contribution in [2.45, 2.75) is 62.4 Å². The van der Waals surface area contributed by atoms with Gasteiger partial charge in [0.05, 0.1) is 20.8 Å². The molecule has 1 heterocycles. The zero-order valence-corrected chi connectivity index (χ0v) is 20.3. The van der Waals surface area contributed by atoms with E-state index in [9.17, 15) is 39.4 Å². The monoisotopic (exact) mass is 530 g/mol. The van der Waals surface area contributed by atoms with Crippen LogP contribution < -0.4 is 0 Å². The Kier molecular flexibility index (Phi) is 9.68. The largest absolute Gasteiger partial charge is 0.463 e. The fraction of sp³-hybridized carbons (Fsp3) is 0.500. The third kappa shape index (κ3) is 7.61. The second-order valence-electron chi connectivity index (χ2n) is 7.35. The second-order valence-corrected chi connectivity index (χ2v) is 8.49. The molecule has 15 nitrogen and oxygen atoms in total. The van der Waals surface area contributed by atoms with Crippen LogP contribution in [0.5, 0.6) is 0 Å². The Bertz CT molecular complexity index is 1060. The number of rotatable bonds is 9. The molecule has 5 atom stereocenters. The van der Waals surface area contributed by atoms with Crippen LogP contribution in [-0.4, -0.2) is 70.2 Å². The molecule has 1 aliphatic rings. The van der Waals surface area contributed by atoms with Gasteiger partial charge in [0, 0.05) is 33.8 Å². The van der Waals surface area contributed by atoms with Crippen molar-refractivity contribution >= 4 is 47.0 Å². The minimum atomic E-state index is -1.46. The lowest BCUT2D eigenvalue weighted by atomic mass is 9.99. The molecule has 0 N–H and O–H groups in total. The van der Waals surface area contributed by atoms with Gasteiger partial charge in [0.15, 0.2) is 18.3 Å². The number of non-ortho nitro benzene ring substituents is 1. The number of esters is 4. The Labute approximate surface area is 207 Å². The van der Waals surface area contributed by atoms with E-state index in [0.717, 1.165) is 45.9 Å². The zero-order chi connectivity index (χ0) is 27.2. The molecule has 0 aliphatic carbocycles. The number of carbonyl (C=O) groups is 4. The third-order valence-electron chi connectivity index (χ3n) is 4.54. The van der Waals surface area contributed by atoms with E-state index in [2.05, 4.69) is 0 Å². The molecule has 16 heteroatoms. The molecule has 1 saturated heterocycles. The Morgan fingerprint density at radius 2 is 1.42 bits per heavy atom. The van der Waals surface area contributed by atoms with Crippen LogP contribution in [0, 0.1) is 20.2 Å². The molecular formula is C20H22N2O13S. The maximum atomic E-state index is 11.9. The first-order valence-corrected chi connectivity index (χ1v) is 11.1. The van der Waals surface area contributed by atoms with Crippen molar-refractivity contribution in [1.29, 1.82) is 0 Å². The molecule has 1 aliphatic heterocycles. The van der Waals surface area contributed by atoms with Crippen LogP contribution in [-0.2, 0) is 42.9 Å². The number of nitro benzene ring substituents is 2. The highest BCUT2D eigenvalue weighted by Crippen LogP contribution is 2.41. The van der Waals surface area contributed by atoms with Crippen molar-refractivity contribution in [3.8, 4) is 0 Å². The second kappa shape index (κ2) is 12.3. The SMILES string of the molecule is CC(=O)OC[C@@H]1O[C@@H](Sc2ccc([N+](=O)[O-])cc2[N+](=O)[O-])[C@@H](OC(C)=O)[C@@H](OC(C)=O)[C@@H]1OC(C)=O. The summed E-state index contributed by atoms with van der Waals surface area (Å²) in [5.41, 5.74) is -2.50. The number of thioether (sulfide) groups is 1. The lowest BCUT2D eigenvalue weighted by Crippen LogP contribution is -2.61. The maximum absolute atomic E-state index is 11.9. The molecule has 2 rings (SSSR count). The number of hydrogen-bond donors (Lipinski definition) is 0. The van der Waals surface area contributed by atoms with Gasteiger partial charge in [-0.15, -0.1) is 0 Å². The van der Waals surface area contributed by atoms with E-state index in [1.807, 2.05) is 0 Å². The summed E-state index contributed by atoms with van der Waals surface area (Å²) in [5.74, 6) is -3.20. The predicted octanol–water partition coefficient (Wildman–Crippen LogP) is 1.68. The highest BCUT2D eigenvalue weighted by Gasteiger charge is 2.52. The number of carbonyl (C=O) groups excluding carboxylic acids is 4. The fourth-order valence-electron chi connectivity index (χ4n) is 3.27. The van der Waals surface area contributed by atoms with Crippen LogP contribution in [0.2, 0.25) is 0 Å². The number of nitrogens with zero attached hydrogens (tertiary/aromatic N) is 2. The van der Waals surface area contributed by atoms with Gasteiger partial charge in [-0.25, -0.2) is 0 Å². The van der Waals surface area contributed by atoms with Crippen molar-refractivity contribution in [2.75, 3.05) is 6.61 Å². The molecular weight excluding hydrogens is 508 g/mol. The highest BCUT2D eigenvalue weighted by molar-refractivity contribution is 8.00. The zero-order valence-electron chi connectivity index (χ0n) is 19.4. The van der Waals surface area contributed by atoms with Crippen molar-refractivity contribution in [3.05, 3.63) is 38.4 Å². The summed E-state index contributed by atoms with van der Waals surface area (Å²) in [6, 6.07) is 2.88. The molecule has 0 unspecified atom stereocenters. The summed E-state index contributed by atoms with van der Waals surface area (Å²) >= 11 is 0.644. The fourth-order valence-corrected chi connectivity index (χ4v) is 4.46. The standard InChI is InChI=1S/C20H22N2O13S/c1-9(23)31-8-15-17(32-10(2)24)18(33-11(3)25)19(34-12(4)26)20(35-15)36-16-6-5-13(21(27)28)7-14(16)22(29)30/h5-7,15,17-20H,8H2,1-4H3/t15-,17+,18-,19-,20-/m0/s1. The Morgan fingerprint density at radius 1 is 0.861 bits per heavy atom. The Hall–Kier alpha value is -3.79. The molecule has 1 aromatic rings. The first-order chi connectivity index (χ1) is 16.8. The summed E-state index contributed by atoms with van der Waals surface area (Å²) in [6.07, 6.45) is -5.55. The Balaban J connectivity index is 2.57. The minimum Gasteiger partial charge on any atom is -0.463 e. The molecule has 1 fully saturated rings. The smallest absolute Gasteiger partial charge is 0.303 e. The lowest BCUT2D eigenvalue weighted by Gasteiger charge is -2.44. The van der Waals surface area contributed by atoms with Crippen LogP contribution in [0.4, 0.5) is 11.4 Å².